The van der Waals surface area contributed by atoms with Gasteiger partial charge in [-0.05, 0) is 60.6 Å². The summed E-state index contributed by atoms with van der Waals surface area (Å²) in [5, 5.41) is 7.89. The summed E-state index contributed by atoms with van der Waals surface area (Å²) in [6.45, 7) is 19.3. The van der Waals surface area contributed by atoms with Crippen molar-refractivity contribution in [2.45, 2.75) is 79.6 Å². The average Bonchev–Trinajstić information content (AvgIpc) is 3.23. The molecular weight excluding hydrogens is 460 g/mol. The predicted octanol–water partition coefficient (Wildman–Crippen LogP) is 6.58. The van der Waals surface area contributed by atoms with Crippen LogP contribution in [0.4, 0.5) is 5.82 Å². The Hall–Kier alpha value is -3.41. The maximum absolute atomic E-state index is 13.3. The Morgan fingerprint density at radius 2 is 1.59 bits per heavy atom. The van der Waals surface area contributed by atoms with Crippen molar-refractivity contribution in [2.75, 3.05) is 18.4 Å². The molecule has 2 amide bonds. The van der Waals surface area contributed by atoms with E-state index in [1.807, 2.05) is 49.4 Å². The molecule has 0 saturated carbocycles. The van der Waals surface area contributed by atoms with Crippen LogP contribution in [0.1, 0.15) is 87.6 Å². The minimum absolute atomic E-state index is 0.00900. The Labute approximate surface area is 222 Å². The van der Waals surface area contributed by atoms with Gasteiger partial charge in [-0.3, -0.25) is 9.59 Å². The van der Waals surface area contributed by atoms with Crippen LogP contribution in [0, 0.1) is 13.8 Å². The molecule has 0 bridgehead atoms. The lowest BCUT2D eigenvalue weighted by Gasteiger charge is -2.23. The standard InChI is InChI=1S/C31H42N4O2/c1-10-18-34(29(37)23-14-16-24(17-15-23)30(4,5)6)20-28(36)32-27-19-26(31(7,8)9)33-35(27)25-13-11-12-21(2)22(25)3/h11-17,19H,10,18,20H2,1-9H3,(H,32,36). The molecule has 1 heterocycles. The zero-order valence-electron chi connectivity index (χ0n) is 23.9. The lowest BCUT2D eigenvalue weighted by molar-refractivity contribution is -0.116. The zero-order valence-corrected chi connectivity index (χ0v) is 23.9. The largest absolute Gasteiger partial charge is 0.329 e. The molecule has 3 aromatic rings. The molecule has 6 heteroatoms. The Morgan fingerprint density at radius 3 is 2.16 bits per heavy atom. The van der Waals surface area contributed by atoms with Crippen LogP contribution in [0.15, 0.2) is 48.5 Å². The number of hydrogen-bond acceptors (Lipinski definition) is 3. The number of amides is 2. The molecule has 0 aliphatic heterocycles. The number of aryl methyl sites for hydroxylation is 1. The average molecular weight is 503 g/mol. The molecule has 37 heavy (non-hydrogen) atoms. The van der Waals surface area contributed by atoms with E-state index in [1.165, 1.54) is 0 Å². The normalized spacial score (nSPS) is 11.9. The van der Waals surface area contributed by atoms with E-state index in [0.717, 1.165) is 34.5 Å². The topological polar surface area (TPSA) is 67.2 Å². The summed E-state index contributed by atoms with van der Waals surface area (Å²) in [5.74, 6) is 0.206. The number of nitrogens with zero attached hydrogens (tertiary/aromatic N) is 3. The van der Waals surface area contributed by atoms with Crippen molar-refractivity contribution in [3.63, 3.8) is 0 Å². The highest BCUT2D eigenvalue weighted by Gasteiger charge is 2.24. The molecular formula is C31H42N4O2. The van der Waals surface area contributed by atoms with Crippen molar-refractivity contribution in [3.05, 3.63) is 76.5 Å². The van der Waals surface area contributed by atoms with Crippen molar-refractivity contribution in [3.8, 4) is 5.69 Å². The summed E-state index contributed by atoms with van der Waals surface area (Å²) in [5.41, 5.74) is 5.63. The number of benzene rings is 2. The second kappa shape index (κ2) is 10.9. The van der Waals surface area contributed by atoms with Crippen LogP contribution in [-0.4, -0.2) is 39.6 Å². The van der Waals surface area contributed by atoms with Crippen LogP contribution in [-0.2, 0) is 15.6 Å². The van der Waals surface area contributed by atoms with Crippen LogP contribution >= 0.6 is 0 Å². The second-order valence-corrected chi connectivity index (χ2v) is 11.9. The van der Waals surface area contributed by atoms with Crippen molar-refractivity contribution >= 4 is 17.6 Å². The van der Waals surface area contributed by atoms with E-state index < -0.39 is 0 Å². The number of carbonyl (C=O) groups excluding carboxylic acids is 2. The molecule has 0 atom stereocenters. The maximum atomic E-state index is 13.3. The van der Waals surface area contributed by atoms with Gasteiger partial charge >= 0.3 is 0 Å². The molecule has 0 unspecified atom stereocenters. The third-order valence-corrected chi connectivity index (χ3v) is 6.66. The smallest absolute Gasteiger partial charge is 0.254 e. The van der Waals surface area contributed by atoms with Crippen LogP contribution in [0.25, 0.3) is 5.69 Å². The number of carbonyl (C=O) groups is 2. The third kappa shape index (κ3) is 6.68. The van der Waals surface area contributed by atoms with Gasteiger partial charge in [0, 0.05) is 23.6 Å². The van der Waals surface area contributed by atoms with Gasteiger partial charge in [-0.1, -0.05) is 72.7 Å². The molecule has 3 rings (SSSR count). The monoisotopic (exact) mass is 502 g/mol. The van der Waals surface area contributed by atoms with E-state index in [9.17, 15) is 9.59 Å². The van der Waals surface area contributed by atoms with Gasteiger partial charge in [0.05, 0.1) is 11.4 Å². The minimum atomic E-state index is -0.250. The summed E-state index contributed by atoms with van der Waals surface area (Å²) in [4.78, 5) is 28.2. The van der Waals surface area contributed by atoms with Crippen molar-refractivity contribution in [1.82, 2.24) is 14.7 Å². The van der Waals surface area contributed by atoms with Crippen LogP contribution in [0.3, 0.4) is 0 Å². The molecule has 0 fully saturated rings. The Kier molecular flexibility index (Phi) is 8.31. The lowest BCUT2D eigenvalue weighted by atomic mass is 9.86. The SMILES string of the molecule is CCCN(CC(=O)Nc1cc(C(C)(C)C)nn1-c1cccc(C)c1C)C(=O)c1ccc(C(C)(C)C)cc1. The Morgan fingerprint density at radius 1 is 0.946 bits per heavy atom. The number of nitrogens with one attached hydrogen (secondary N) is 1. The Balaban J connectivity index is 1.87. The first-order chi connectivity index (χ1) is 17.2. The fourth-order valence-electron chi connectivity index (χ4n) is 4.16. The van der Waals surface area contributed by atoms with E-state index in [4.69, 9.17) is 5.10 Å². The van der Waals surface area contributed by atoms with Gasteiger partial charge in [0.1, 0.15) is 12.4 Å². The first-order valence-corrected chi connectivity index (χ1v) is 13.1. The van der Waals surface area contributed by atoms with E-state index >= 15 is 0 Å². The fourth-order valence-corrected chi connectivity index (χ4v) is 4.16. The molecule has 0 aliphatic carbocycles. The minimum Gasteiger partial charge on any atom is -0.329 e. The van der Waals surface area contributed by atoms with Crippen LogP contribution in [0.2, 0.25) is 0 Å². The molecule has 198 valence electrons. The number of aromatic nitrogens is 2. The molecule has 0 spiro atoms. The molecule has 0 saturated heterocycles. The molecule has 1 N–H and O–H groups in total. The highest BCUT2D eigenvalue weighted by molar-refractivity contribution is 5.99. The summed E-state index contributed by atoms with van der Waals surface area (Å²) in [7, 11) is 0. The van der Waals surface area contributed by atoms with Crippen molar-refractivity contribution < 1.29 is 9.59 Å². The number of anilines is 1. The van der Waals surface area contributed by atoms with E-state index in [1.54, 1.807) is 9.58 Å². The first-order valence-electron chi connectivity index (χ1n) is 13.1. The fraction of sp³-hybridized carbons (Fsp3) is 0.452. The second-order valence-electron chi connectivity index (χ2n) is 11.9. The highest BCUT2D eigenvalue weighted by Crippen LogP contribution is 2.28. The van der Waals surface area contributed by atoms with E-state index in [2.05, 4.69) is 66.8 Å². The van der Waals surface area contributed by atoms with Crippen molar-refractivity contribution in [1.29, 1.82) is 0 Å². The molecule has 2 aromatic carbocycles. The summed E-state index contributed by atoms with van der Waals surface area (Å²) < 4.78 is 1.80. The third-order valence-electron chi connectivity index (χ3n) is 6.66. The predicted molar refractivity (Wildman–Crippen MR) is 152 cm³/mol. The molecule has 1 aromatic heterocycles. The maximum Gasteiger partial charge on any atom is 0.254 e. The van der Waals surface area contributed by atoms with Gasteiger partial charge in [0.15, 0.2) is 0 Å². The van der Waals surface area contributed by atoms with Gasteiger partial charge in [-0.2, -0.15) is 5.10 Å². The van der Waals surface area contributed by atoms with Gasteiger partial charge in [-0.25, -0.2) is 4.68 Å². The lowest BCUT2D eigenvalue weighted by Crippen LogP contribution is -2.38. The Bertz CT molecular complexity index is 1260. The zero-order chi connectivity index (χ0) is 27.5. The van der Waals surface area contributed by atoms with Gasteiger partial charge in [0.25, 0.3) is 5.91 Å². The van der Waals surface area contributed by atoms with Gasteiger partial charge < -0.3 is 10.2 Å². The van der Waals surface area contributed by atoms with Gasteiger partial charge in [-0.15, -0.1) is 0 Å². The molecule has 6 nitrogen and oxygen atoms in total. The summed E-state index contributed by atoms with van der Waals surface area (Å²) in [6, 6.07) is 15.7. The van der Waals surface area contributed by atoms with Crippen molar-refractivity contribution in [2.24, 2.45) is 0 Å². The van der Waals surface area contributed by atoms with E-state index in [-0.39, 0.29) is 29.2 Å². The number of hydrogen-bond donors (Lipinski definition) is 1. The van der Waals surface area contributed by atoms with E-state index in [0.29, 0.717) is 17.9 Å². The summed E-state index contributed by atoms with van der Waals surface area (Å²) in [6.07, 6.45) is 0.758. The number of rotatable bonds is 7. The first kappa shape index (κ1) is 28.2. The molecule has 0 aliphatic rings. The molecule has 0 radical (unpaired) electrons. The van der Waals surface area contributed by atoms with Gasteiger partial charge in [0.2, 0.25) is 5.91 Å². The van der Waals surface area contributed by atoms with Crippen LogP contribution in [0.5, 0.6) is 0 Å². The quantitative estimate of drug-likeness (QED) is 0.397. The highest BCUT2D eigenvalue weighted by atomic mass is 16.2. The summed E-state index contributed by atoms with van der Waals surface area (Å²) >= 11 is 0. The van der Waals surface area contributed by atoms with Crippen LogP contribution < -0.4 is 5.32 Å².